The van der Waals surface area contributed by atoms with Crippen molar-refractivity contribution in [3.63, 3.8) is 0 Å². The van der Waals surface area contributed by atoms with Crippen molar-refractivity contribution >= 4 is 11.4 Å². The molecule has 19 heavy (non-hydrogen) atoms. The van der Waals surface area contributed by atoms with Crippen LogP contribution < -0.4 is 10.2 Å². The number of nitrogens with one attached hydrogen (secondary N) is 1. The summed E-state index contributed by atoms with van der Waals surface area (Å²) >= 11 is 0. The van der Waals surface area contributed by atoms with Gasteiger partial charge in [0.05, 0.1) is 30.6 Å². The highest BCUT2D eigenvalue weighted by molar-refractivity contribution is 5.72. The molecule has 3 nitrogen and oxygen atoms in total. The molecule has 3 rings (SSSR count). The van der Waals surface area contributed by atoms with E-state index in [1.54, 1.807) is 6.07 Å². The van der Waals surface area contributed by atoms with E-state index in [1.807, 2.05) is 11.8 Å². The van der Waals surface area contributed by atoms with Crippen LogP contribution in [0.4, 0.5) is 20.2 Å². The van der Waals surface area contributed by atoms with E-state index < -0.39 is 11.6 Å². The first-order chi connectivity index (χ1) is 9.22. The number of fused-ring (bicyclic) bond motifs is 2. The molecule has 1 aromatic carbocycles. The Hall–Kier alpha value is -1.36. The number of anilines is 2. The lowest BCUT2D eigenvalue weighted by Gasteiger charge is -2.32. The van der Waals surface area contributed by atoms with Crippen LogP contribution in [0.1, 0.15) is 13.3 Å². The topological polar surface area (TPSA) is 24.5 Å². The molecule has 1 fully saturated rings. The molecule has 0 radical (unpaired) electrons. The van der Waals surface area contributed by atoms with Crippen molar-refractivity contribution in [2.75, 3.05) is 36.5 Å². The van der Waals surface area contributed by atoms with Crippen molar-refractivity contribution in [3.8, 4) is 0 Å². The van der Waals surface area contributed by atoms with Crippen molar-refractivity contribution in [1.82, 2.24) is 0 Å². The maximum Gasteiger partial charge on any atom is 0.184 e. The van der Waals surface area contributed by atoms with Crippen LogP contribution in [0.3, 0.4) is 0 Å². The summed E-state index contributed by atoms with van der Waals surface area (Å²) in [6, 6.07) is 2.94. The van der Waals surface area contributed by atoms with Gasteiger partial charge in [-0.3, -0.25) is 0 Å². The quantitative estimate of drug-likeness (QED) is 0.892. The first-order valence-corrected chi connectivity index (χ1v) is 6.78. The Morgan fingerprint density at radius 2 is 2.21 bits per heavy atom. The Bertz CT molecular complexity index is 481. The maximum atomic E-state index is 14.2. The molecule has 2 unspecified atom stereocenters. The zero-order valence-electron chi connectivity index (χ0n) is 11.0. The van der Waals surface area contributed by atoms with Crippen LogP contribution in [0.15, 0.2) is 12.1 Å². The number of hydrogen-bond donors (Lipinski definition) is 1. The highest BCUT2D eigenvalue weighted by atomic mass is 19.2. The first-order valence-electron chi connectivity index (χ1n) is 6.78. The van der Waals surface area contributed by atoms with E-state index in [-0.39, 0.29) is 6.04 Å². The monoisotopic (exact) mass is 268 g/mol. The SMILES string of the molecule is CCCN1c2c(ccc(F)c2F)NCC2COCC21. The fourth-order valence-electron chi connectivity index (χ4n) is 3.02. The zero-order chi connectivity index (χ0) is 13.4. The molecule has 2 aliphatic heterocycles. The van der Waals surface area contributed by atoms with Crippen molar-refractivity contribution in [2.45, 2.75) is 19.4 Å². The van der Waals surface area contributed by atoms with Gasteiger partial charge < -0.3 is 15.0 Å². The minimum atomic E-state index is -0.793. The third-order valence-electron chi connectivity index (χ3n) is 3.94. The van der Waals surface area contributed by atoms with Gasteiger partial charge in [0.1, 0.15) is 0 Å². The second-order valence-corrected chi connectivity index (χ2v) is 5.20. The minimum Gasteiger partial charge on any atom is -0.383 e. The Labute approximate surface area is 111 Å². The van der Waals surface area contributed by atoms with Crippen molar-refractivity contribution in [3.05, 3.63) is 23.8 Å². The van der Waals surface area contributed by atoms with E-state index >= 15 is 0 Å². The molecule has 1 N–H and O–H groups in total. The lowest BCUT2D eigenvalue weighted by atomic mass is 10.0. The van der Waals surface area contributed by atoms with Crippen molar-refractivity contribution < 1.29 is 13.5 Å². The molecule has 104 valence electrons. The Morgan fingerprint density at radius 1 is 1.37 bits per heavy atom. The van der Waals surface area contributed by atoms with Crippen LogP contribution in [0.25, 0.3) is 0 Å². The molecular formula is C14H18F2N2O. The summed E-state index contributed by atoms with van der Waals surface area (Å²) in [6.07, 6.45) is 0.888. The first kappa shape index (κ1) is 12.7. The summed E-state index contributed by atoms with van der Waals surface area (Å²) < 4.78 is 33.2. The highest BCUT2D eigenvalue weighted by Gasteiger charge is 2.37. The van der Waals surface area contributed by atoms with E-state index in [0.717, 1.165) is 13.0 Å². The van der Waals surface area contributed by atoms with E-state index in [1.165, 1.54) is 6.07 Å². The van der Waals surface area contributed by atoms with Crippen LogP contribution in [-0.4, -0.2) is 32.3 Å². The summed E-state index contributed by atoms with van der Waals surface area (Å²) in [7, 11) is 0. The van der Waals surface area contributed by atoms with E-state index in [2.05, 4.69) is 5.32 Å². The number of halogens is 2. The fraction of sp³-hybridized carbons (Fsp3) is 0.571. The van der Waals surface area contributed by atoms with Gasteiger partial charge in [0.25, 0.3) is 0 Å². The van der Waals surface area contributed by atoms with E-state index in [0.29, 0.717) is 37.1 Å². The normalized spacial score (nSPS) is 25.5. The number of nitrogens with zero attached hydrogens (tertiary/aromatic N) is 1. The van der Waals surface area contributed by atoms with Crippen LogP contribution in [0.2, 0.25) is 0 Å². The van der Waals surface area contributed by atoms with Crippen LogP contribution in [0.5, 0.6) is 0 Å². The van der Waals surface area contributed by atoms with Gasteiger partial charge in [-0.25, -0.2) is 8.78 Å². The Balaban J connectivity index is 2.08. The summed E-state index contributed by atoms with van der Waals surface area (Å²) in [6.45, 7) is 4.75. The van der Waals surface area contributed by atoms with Gasteiger partial charge >= 0.3 is 0 Å². The number of hydrogen-bond acceptors (Lipinski definition) is 3. The van der Waals surface area contributed by atoms with E-state index in [4.69, 9.17) is 4.74 Å². The van der Waals surface area contributed by atoms with Gasteiger partial charge in [-0.2, -0.15) is 0 Å². The Kier molecular flexibility index (Phi) is 3.31. The standard InChI is InChI=1S/C14H18F2N2O/c1-2-5-18-12-8-19-7-9(12)6-17-11-4-3-10(15)13(16)14(11)18/h3-4,9,12,17H,2,5-8H2,1H3. The van der Waals surface area contributed by atoms with Crippen molar-refractivity contribution in [2.24, 2.45) is 5.92 Å². The molecular weight excluding hydrogens is 250 g/mol. The van der Waals surface area contributed by atoms with Gasteiger partial charge in [0, 0.05) is 19.0 Å². The van der Waals surface area contributed by atoms with Crippen LogP contribution in [-0.2, 0) is 4.74 Å². The molecule has 0 spiro atoms. The predicted octanol–water partition coefficient (Wildman–Crippen LogP) is 2.62. The molecule has 0 aliphatic carbocycles. The van der Waals surface area contributed by atoms with Gasteiger partial charge in [0.2, 0.25) is 0 Å². The molecule has 5 heteroatoms. The lowest BCUT2D eigenvalue weighted by Crippen LogP contribution is -2.41. The average molecular weight is 268 g/mol. The summed E-state index contributed by atoms with van der Waals surface area (Å²) in [5, 5.41) is 3.22. The van der Waals surface area contributed by atoms with Crippen molar-refractivity contribution in [1.29, 1.82) is 0 Å². The predicted molar refractivity (Wildman–Crippen MR) is 70.6 cm³/mol. The minimum absolute atomic E-state index is 0.130. The third kappa shape index (κ3) is 2.06. The largest absolute Gasteiger partial charge is 0.383 e. The summed E-state index contributed by atoms with van der Waals surface area (Å²) in [5.41, 5.74) is 1.04. The van der Waals surface area contributed by atoms with Gasteiger partial charge in [-0.05, 0) is 18.6 Å². The lowest BCUT2D eigenvalue weighted by molar-refractivity contribution is 0.185. The van der Waals surface area contributed by atoms with Gasteiger partial charge in [-0.15, -0.1) is 0 Å². The highest BCUT2D eigenvalue weighted by Crippen LogP contribution is 2.38. The average Bonchev–Trinajstić information content (AvgIpc) is 2.81. The van der Waals surface area contributed by atoms with Gasteiger partial charge in [-0.1, -0.05) is 6.92 Å². The smallest absolute Gasteiger partial charge is 0.184 e. The van der Waals surface area contributed by atoms with Crippen LogP contribution >= 0.6 is 0 Å². The van der Waals surface area contributed by atoms with E-state index in [9.17, 15) is 8.78 Å². The van der Waals surface area contributed by atoms with Crippen LogP contribution in [0, 0.1) is 17.6 Å². The molecule has 2 aliphatic rings. The molecule has 2 heterocycles. The maximum absolute atomic E-state index is 14.2. The summed E-state index contributed by atoms with van der Waals surface area (Å²) in [5.74, 6) is -1.23. The molecule has 0 saturated carbocycles. The zero-order valence-corrected chi connectivity index (χ0v) is 11.0. The molecule has 0 bridgehead atoms. The molecule has 1 saturated heterocycles. The number of benzene rings is 1. The third-order valence-corrected chi connectivity index (χ3v) is 3.94. The summed E-state index contributed by atoms with van der Waals surface area (Å²) in [4.78, 5) is 1.98. The fourth-order valence-corrected chi connectivity index (χ4v) is 3.02. The Morgan fingerprint density at radius 3 is 3.00 bits per heavy atom. The number of ether oxygens (including phenoxy) is 1. The second-order valence-electron chi connectivity index (χ2n) is 5.20. The van der Waals surface area contributed by atoms with Gasteiger partial charge in [0.15, 0.2) is 11.6 Å². The number of rotatable bonds is 2. The molecule has 1 aromatic rings. The molecule has 2 atom stereocenters. The molecule has 0 aromatic heterocycles. The second kappa shape index (κ2) is 4.96. The molecule has 0 amide bonds.